The molecular weight excluding hydrogens is 250 g/mol. The second-order valence-electron chi connectivity index (χ2n) is 3.45. The molecular formula is C10H12F2N2O4. The molecule has 0 aliphatic carbocycles. The maximum absolute atomic E-state index is 13.6. The lowest BCUT2D eigenvalue weighted by molar-refractivity contribution is -0.385. The summed E-state index contributed by atoms with van der Waals surface area (Å²) in [5.41, 5.74) is -1.19. The molecule has 6 nitrogen and oxygen atoms in total. The third kappa shape index (κ3) is 3.11. The molecule has 0 aliphatic heterocycles. The molecule has 0 saturated carbocycles. The van der Waals surface area contributed by atoms with E-state index >= 15 is 0 Å². The molecule has 0 bridgehead atoms. The molecule has 18 heavy (non-hydrogen) atoms. The van der Waals surface area contributed by atoms with Gasteiger partial charge in [-0.05, 0) is 0 Å². The lowest BCUT2D eigenvalue weighted by Gasteiger charge is -2.23. The molecule has 0 saturated heterocycles. The Morgan fingerprint density at radius 1 is 1.17 bits per heavy atom. The highest BCUT2D eigenvalue weighted by Gasteiger charge is 2.21. The number of anilines is 1. The minimum atomic E-state index is -1.11. The summed E-state index contributed by atoms with van der Waals surface area (Å²) in [5.74, 6) is -2.22. The van der Waals surface area contributed by atoms with Crippen molar-refractivity contribution >= 4 is 11.4 Å². The van der Waals surface area contributed by atoms with Gasteiger partial charge in [-0.2, -0.15) is 0 Å². The number of aliphatic hydroxyl groups excluding tert-OH is 2. The summed E-state index contributed by atoms with van der Waals surface area (Å²) in [6.45, 7) is -0.913. The van der Waals surface area contributed by atoms with Gasteiger partial charge in [-0.15, -0.1) is 0 Å². The van der Waals surface area contributed by atoms with Gasteiger partial charge in [0.05, 0.1) is 30.3 Å². The SMILES string of the molecule is O=[N+]([O-])c1cc(F)c(N(CCO)CCO)c(F)c1. The second-order valence-corrected chi connectivity index (χ2v) is 3.45. The fourth-order valence-corrected chi connectivity index (χ4v) is 1.54. The zero-order chi connectivity index (χ0) is 13.7. The number of rotatable bonds is 6. The zero-order valence-electron chi connectivity index (χ0n) is 9.34. The number of aliphatic hydroxyl groups is 2. The van der Waals surface area contributed by atoms with Gasteiger partial charge in [0.1, 0.15) is 5.69 Å². The predicted octanol–water partition coefficient (Wildman–Crippen LogP) is 0.664. The number of non-ortho nitro benzene ring substituents is 1. The standard InChI is InChI=1S/C10H12F2N2O4/c11-8-5-7(14(17)18)6-9(12)10(8)13(1-3-15)2-4-16/h5-6,15-16H,1-4H2. The fraction of sp³-hybridized carbons (Fsp3) is 0.400. The molecule has 2 N–H and O–H groups in total. The van der Waals surface area contributed by atoms with Gasteiger partial charge in [-0.25, -0.2) is 8.78 Å². The first-order chi connectivity index (χ1) is 8.51. The van der Waals surface area contributed by atoms with Crippen molar-refractivity contribution in [3.05, 3.63) is 33.9 Å². The summed E-state index contributed by atoms with van der Waals surface area (Å²) in [5, 5.41) is 28.0. The third-order valence-corrected chi connectivity index (χ3v) is 2.27. The van der Waals surface area contributed by atoms with E-state index in [4.69, 9.17) is 10.2 Å². The Labute approximate surface area is 101 Å². The van der Waals surface area contributed by atoms with Crippen molar-refractivity contribution in [2.24, 2.45) is 0 Å². The lowest BCUT2D eigenvalue weighted by atomic mass is 10.2. The van der Waals surface area contributed by atoms with Gasteiger partial charge >= 0.3 is 0 Å². The molecule has 1 aromatic rings. The topological polar surface area (TPSA) is 86.8 Å². The number of nitrogens with zero attached hydrogens (tertiary/aromatic N) is 2. The van der Waals surface area contributed by atoms with Crippen LogP contribution in [0, 0.1) is 21.7 Å². The molecule has 0 amide bonds. The van der Waals surface area contributed by atoms with Crippen LogP contribution in [0.5, 0.6) is 0 Å². The molecule has 100 valence electrons. The van der Waals surface area contributed by atoms with Gasteiger partial charge in [0.25, 0.3) is 5.69 Å². The number of benzene rings is 1. The summed E-state index contributed by atoms with van der Waals surface area (Å²) >= 11 is 0. The first-order valence-electron chi connectivity index (χ1n) is 5.11. The van der Waals surface area contributed by atoms with Crippen LogP contribution in [-0.2, 0) is 0 Å². The predicted molar refractivity (Wildman–Crippen MR) is 59.4 cm³/mol. The summed E-state index contributed by atoms with van der Waals surface area (Å²) in [7, 11) is 0. The minimum Gasteiger partial charge on any atom is -0.395 e. The summed E-state index contributed by atoms with van der Waals surface area (Å²) in [6.07, 6.45) is 0. The highest BCUT2D eigenvalue weighted by molar-refractivity contribution is 5.53. The van der Waals surface area contributed by atoms with E-state index < -0.39 is 27.9 Å². The fourth-order valence-electron chi connectivity index (χ4n) is 1.54. The van der Waals surface area contributed by atoms with E-state index in [1.54, 1.807) is 0 Å². The van der Waals surface area contributed by atoms with Gasteiger partial charge in [0, 0.05) is 13.1 Å². The molecule has 1 aromatic carbocycles. The normalized spacial score (nSPS) is 10.4. The van der Waals surface area contributed by atoms with E-state index in [0.29, 0.717) is 12.1 Å². The molecule has 1 rings (SSSR count). The number of hydrogen-bond donors (Lipinski definition) is 2. The van der Waals surface area contributed by atoms with E-state index in [0.717, 1.165) is 4.90 Å². The molecule has 0 radical (unpaired) electrons. The van der Waals surface area contributed by atoms with Crippen molar-refractivity contribution in [3.63, 3.8) is 0 Å². The van der Waals surface area contributed by atoms with Crippen LogP contribution in [-0.4, -0.2) is 41.4 Å². The monoisotopic (exact) mass is 262 g/mol. The van der Waals surface area contributed by atoms with E-state index in [1.165, 1.54) is 0 Å². The van der Waals surface area contributed by atoms with Crippen LogP contribution in [0.2, 0.25) is 0 Å². The molecule has 0 spiro atoms. The number of halogens is 2. The average molecular weight is 262 g/mol. The van der Waals surface area contributed by atoms with Gasteiger partial charge in [0.15, 0.2) is 11.6 Å². The van der Waals surface area contributed by atoms with E-state index in [9.17, 15) is 18.9 Å². The van der Waals surface area contributed by atoms with Crippen LogP contribution in [0.1, 0.15) is 0 Å². The molecule has 0 aromatic heterocycles. The van der Waals surface area contributed by atoms with Crippen molar-refractivity contribution in [2.45, 2.75) is 0 Å². The van der Waals surface area contributed by atoms with E-state index in [2.05, 4.69) is 0 Å². The van der Waals surface area contributed by atoms with Gasteiger partial charge in [-0.1, -0.05) is 0 Å². The van der Waals surface area contributed by atoms with Crippen LogP contribution < -0.4 is 4.90 Å². The highest BCUT2D eigenvalue weighted by atomic mass is 19.1. The molecule has 8 heteroatoms. The van der Waals surface area contributed by atoms with Crippen molar-refractivity contribution in [2.75, 3.05) is 31.2 Å². The molecule has 0 fully saturated rings. The number of nitro benzene ring substituents is 1. The largest absolute Gasteiger partial charge is 0.395 e. The highest BCUT2D eigenvalue weighted by Crippen LogP contribution is 2.27. The van der Waals surface area contributed by atoms with Gasteiger partial charge in [0.2, 0.25) is 0 Å². The van der Waals surface area contributed by atoms with Gasteiger partial charge < -0.3 is 15.1 Å². The van der Waals surface area contributed by atoms with Crippen molar-refractivity contribution in [1.82, 2.24) is 0 Å². The molecule has 0 aliphatic rings. The Balaban J connectivity index is 3.18. The minimum absolute atomic E-state index is 0.0911. The number of hydrogen-bond acceptors (Lipinski definition) is 5. The number of nitro groups is 1. The Morgan fingerprint density at radius 2 is 1.61 bits per heavy atom. The summed E-state index contributed by atoms with van der Waals surface area (Å²) < 4.78 is 27.2. The van der Waals surface area contributed by atoms with Crippen molar-refractivity contribution < 1.29 is 23.9 Å². The van der Waals surface area contributed by atoms with Crippen LogP contribution >= 0.6 is 0 Å². The molecule has 0 heterocycles. The van der Waals surface area contributed by atoms with E-state index in [1.807, 2.05) is 0 Å². The Morgan fingerprint density at radius 3 is 1.94 bits per heavy atom. The first kappa shape index (κ1) is 14.3. The van der Waals surface area contributed by atoms with Crippen molar-refractivity contribution in [3.8, 4) is 0 Å². The van der Waals surface area contributed by atoms with Crippen molar-refractivity contribution in [1.29, 1.82) is 0 Å². The lowest BCUT2D eigenvalue weighted by Crippen LogP contribution is -2.31. The maximum Gasteiger partial charge on any atom is 0.275 e. The van der Waals surface area contributed by atoms with E-state index in [-0.39, 0.29) is 26.3 Å². The third-order valence-electron chi connectivity index (χ3n) is 2.27. The van der Waals surface area contributed by atoms with Crippen LogP contribution in [0.4, 0.5) is 20.2 Å². The Kier molecular flexibility index (Phi) is 4.93. The van der Waals surface area contributed by atoms with Gasteiger partial charge in [-0.3, -0.25) is 10.1 Å². The van der Waals surface area contributed by atoms with Crippen LogP contribution in [0.3, 0.4) is 0 Å². The van der Waals surface area contributed by atoms with Crippen LogP contribution in [0.25, 0.3) is 0 Å². The second kappa shape index (κ2) is 6.22. The first-order valence-corrected chi connectivity index (χ1v) is 5.11. The zero-order valence-corrected chi connectivity index (χ0v) is 9.34. The molecule has 0 unspecified atom stereocenters. The summed E-state index contributed by atoms with van der Waals surface area (Å²) in [6, 6.07) is 1.19. The smallest absolute Gasteiger partial charge is 0.275 e. The Hall–Kier alpha value is -1.80. The molecule has 0 atom stereocenters. The Bertz CT molecular complexity index is 413. The van der Waals surface area contributed by atoms with Crippen LogP contribution in [0.15, 0.2) is 12.1 Å². The maximum atomic E-state index is 13.6. The quantitative estimate of drug-likeness (QED) is 0.581. The average Bonchev–Trinajstić information content (AvgIpc) is 2.28. The summed E-state index contributed by atoms with van der Waals surface area (Å²) in [4.78, 5) is 10.6.